The van der Waals surface area contributed by atoms with Crippen molar-refractivity contribution in [1.82, 2.24) is 15.5 Å². The Kier molecular flexibility index (Phi) is 15.8. The predicted molar refractivity (Wildman–Crippen MR) is 170 cm³/mol. The molecule has 47 heavy (non-hydrogen) atoms. The van der Waals surface area contributed by atoms with E-state index < -0.39 is 34.8 Å². The van der Waals surface area contributed by atoms with Crippen LogP contribution in [-0.4, -0.2) is 65.1 Å². The number of non-ortho nitro benzene ring substituents is 1. The number of nitro benzene ring substituents is 1. The summed E-state index contributed by atoms with van der Waals surface area (Å²) in [5.74, 6) is -1.91. The minimum absolute atomic E-state index is 0.0830. The predicted octanol–water partition coefficient (Wildman–Crippen LogP) is 3.63. The van der Waals surface area contributed by atoms with Crippen LogP contribution in [0.3, 0.4) is 0 Å². The molecule has 2 aromatic carbocycles. The van der Waals surface area contributed by atoms with Gasteiger partial charge < -0.3 is 25.4 Å². The number of anilines is 1. The number of hydrogen-bond donors (Lipinski definition) is 3. The molecule has 0 saturated carbocycles. The van der Waals surface area contributed by atoms with Crippen molar-refractivity contribution in [2.24, 2.45) is 5.92 Å². The number of amides is 5. The molecule has 0 aliphatic carbocycles. The third kappa shape index (κ3) is 13.9. The summed E-state index contributed by atoms with van der Waals surface area (Å²) < 4.78 is 10.0. The van der Waals surface area contributed by atoms with E-state index in [1.807, 2.05) is 0 Å². The van der Waals surface area contributed by atoms with E-state index in [1.54, 1.807) is 51.1 Å². The van der Waals surface area contributed by atoms with Gasteiger partial charge in [-0.3, -0.25) is 39.0 Å². The molecule has 0 radical (unpaired) electrons. The van der Waals surface area contributed by atoms with Crippen LogP contribution in [0.5, 0.6) is 5.75 Å². The van der Waals surface area contributed by atoms with Gasteiger partial charge in [-0.25, -0.2) is 4.79 Å². The monoisotopic (exact) mass is 653 g/mol. The zero-order chi connectivity index (χ0) is 34.8. The maximum atomic E-state index is 12.7. The molecule has 0 saturated heterocycles. The van der Waals surface area contributed by atoms with Crippen molar-refractivity contribution >= 4 is 47.6 Å². The maximum absolute atomic E-state index is 12.7. The Hall–Kier alpha value is -5.60. The lowest BCUT2D eigenvalue weighted by atomic mass is 10.0. The second-order valence-corrected chi connectivity index (χ2v) is 10.6. The van der Waals surface area contributed by atoms with Crippen LogP contribution < -0.4 is 20.7 Å². The summed E-state index contributed by atoms with van der Waals surface area (Å²) in [7, 11) is 0. The van der Waals surface area contributed by atoms with Crippen molar-refractivity contribution in [3.63, 3.8) is 0 Å². The van der Waals surface area contributed by atoms with Gasteiger partial charge in [0, 0.05) is 30.8 Å². The Bertz CT molecular complexity index is 1420. The number of benzene rings is 2. The van der Waals surface area contributed by atoms with Crippen LogP contribution in [0.15, 0.2) is 60.7 Å². The van der Waals surface area contributed by atoms with Gasteiger partial charge in [0.15, 0.2) is 0 Å². The molecule has 1 unspecified atom stereocenters. The number of nitrogens with zero attached hydrogens (tertiary/aromatic N) is 2. The molecule has 252 valence electrons. The summed E-state index contributed by atoms with van der Waals surface area (Å²) in [6.45, 7) is 4.99. The van der Waals surface area contributed by atoms with Crippen molar-refractivity contribution in [3.05, 3.63) is 76.4 Å². The molecule has 0 aromatic heterocycles. The number of imide groups is 1. The molecule has 15 heteroatoms. The highest BCUT2D eigenvalue weighted by atomic mass is 16.7. The van der Waals surface area contributed by atoms with E-state index in [4.69, 9.17) is 9.47 Å². The molecular weight excluding hydrogens is 614 g/mol. The highest BCUT2D eigenvalue weighted by molar-refractivity contribution is 5.96. The average molecular weight is 654 g/mol. The van der Waals surface area contributed by atoms with Crippen LogP contribution in [0.25, 0.3) is 0 Å². The molecule has 5 amide bonds. The van der Waals surface area contributed by atoms with E-state index in [1.165, 1.54) is 30.3 Å². The SMILES string of the molecule is C/C=C\C(=O)N(C=O)CCCCCC(=O)NC(C(=O)NCC(=O)Nc1ccc(COC(=O)Oc2ccc([N+](=O)[O-])cc2)cc1)C(C)C. The molecule has 1 atom stereocenters. The van der Waals surface area contributed by atoms with Crippen molar-refractivity contribution in [3.8, 4) is 5.75 Å². The molecule has 2 rings (SSSR count). The van der Waals surface area contributed by atoms with Gasteiger partial charge in [0.05, 0.1) is 11.5 Å². The minimum atomic E-state index is -1.00. The second kappa shape index (κ2) is 19.7. The first kappa shape index (κ1) is 37.6. The van der Waals surface area contributed by atoms with Crippen LogP contribution in [-0.2, 0) is 35.3 Å². The Morgan fingerprint density at radius 3 is 2.23 bits per heavy atom. The van der Waals surface area contributed by atoms with Crippen LogP contribution in [0.1, 0.15) is 52.0 Å². The van der Waals surface area contributed by atoms with Gasteiger partial charge in [0.25, 0.3) is 11.6 Å². The minimum Gasteiger partial charge on any atom is -0.429 e. The highest BCUT2D eigenvalue weighted by Gasteiger charge is 2.24. The number of allylic oxidation sites excluding steroid dienone is 1. The van der Waals surface area contributed by atoms with E-state index in [0.717, 1.165) is 4.90 Å². The van der Waals surface area contributed by atoms with Crippen molar-refractivity contribution in [1.29, 1.82) is 0 Å². The Labute approximate surface area is 271 Å². The number of carbonyl (C=O) groups is 6. The first-order valence-corrected chi connectivity index (χ1v) is 14.9. The Morgan fingerprint density at radius 1 is 0.957 bits per heavy atom. The summed E-state index contributed by atoms with van der Waals surface area (Å²) in [6, 6.07) is 10.4. The van der Waals surface area contributed by atoms with Crippen molar-refractivity contribution < 1.29 is 43.2 Å². The Balaban J connectivity index is 1.71. The fourth-order valence-corrected chi connectivity index (χ4v) is 4.05. The zero-order valence-corrected chi connectivity index (χ0v) is 26.4. The van der Waals surface area contributed by atoms with E-state index in [-0.39, 0.29) is 49.4 Å². The number of ether oxygens (including phenoxy) is 2. The quantitative estimate of drug-likeness (QED) is 0.0405. The molecule has 0 spiro atoms. The number of nitro groups is 1. The van der Waals surface area contributed by atoms with Crippen LogP contribution in [0, 0.1) is 16.0 Å². The van der Waals surface area contributed by atoms with Gasteiger partial charge in [-0.05, 0) is 61.6 Å². The lowest BCUT2D eigenvalue weighted by molar-refractivity contribution is -0.384. The standard InChI is InChI=1S/C32H39N5O10/c1-4-8-29(41)36(21-38)18-7-5-6-9-27(39)35-30(22(2)3)31(42)33-19-28(40)34-24-12-10-23(11-13-24)20-46-32(43)47-26-16-14-25(15-17-26)37(44)45/h4,8,10-17,21-22,30H,5-7,9,18-20H2,1-3H3,(H,33,42)(H,34,40)(H,35,39)/b8-4-. The first-order chi connectivity index (χ1) is 22.4. The van der Waals surface area contributed by atoms with Gasteiger partial charge in [0.1, 0.15) is 18.4 Å². The van der Waals surface area contributed by atoms with Gasteiger partial charge in [0.2, 0.25) is 24.1 Å². The van der Waals surface area contributed by atoms with E-state index >= 15 is 0 Å². The van der Waals surface area contributed by atoms with Crippen LogP contribution >= 0.6 is 0 Å². The number of rotatable bonds is 18. The second-order valence-electron chi connectivity index (χ2n) is 10.6. The molecule has 0 heterocycles. The number of unbranched alkanes of at least 4 members (excludes halogenated alkanes) is 2. The fraction of sp³-hybridized carbons (Fsp3) is 0.375. The first-order valence-electron chi connectivity index (χ1n) is 14.9. The zero-order valence-electron chi connectivity index (χ0n) is 26.4. The van der Waals surface area contributed by atoms with Crippen molar-refractivity contribution in [2.45, 2.75) is 59.1 Å². The third-order valence-corrected chi connectivity index (χ3v) is 6.55. The highest BCUT2D eigenvalue weighted by Crippen LogP contribution is 2.18. The molecular formula is C32H39N5O10. The molecule has 0 aliphatic heterocycles. The topological polar surface area (TPSA) is 203 Å². The Morgan fingerprint density at radius 2 is 1.64 bits per heavy atom. The molecule has 2 aromatic rings. The number of nitrogens with one attached hydrogen (secondary N) is 3. The van der Waals surface area contributed by atoms with E-state index in [0.29, 0.717) is 36.9 Å². The van der Waals surface area contributed by atoms with Gasteiger partial charge in [-0.15, -0.1) is 0 Å². The van der Waals surface area contributed by atoms with Gasteiger partial charge in [-0.2, -0.15) is 0 Å². The summed E-state index contributed by atoms with van der Waals surface area (Å²) in [6.07, 6.45) is 4.13. The van der Waals surface area contributed by atoms with Gasteiger partial charge in [-0.1, -0.05) is 38.5 Å². The number of hydrogen-bond acceptors (Lipinski definition) is 10. The largest absolute Gasteiger partial charge is 0.514 e. The molecule has 0 aliphatic rings. The van der Waals surface area contributed by atoms with Crippen LogP contribution in [0.2, 0.25) is 0 Å². The third-order valence-electron chi connectivity index (χ3n) is 6.55. The normalized spacial score (nSPS) is 11.3. The van der Waals surface area contributed by atoms with Gasteiger partial charge >= 0.3 is 6.16 Å². The van der Waals surface area contributed by atoms with Crippen molar-refractivity contribution in [2.75, 3.05) is 18.4 Å². The number of carbonyl (C=O) groups excluding carboxylic acids is 6. The smallest absolute Gasteiger partial charge is 0.429 e. The van der Waals surface area contributed by atoms with Crippen LogP contribution in [0.4, 0.5) is 16.2 Å². The summed E-state index contributed by atoms with van der Waals surface area (Å²) in [5.41, 5.74) is 0.873. The molecule has 0 fully saturated rings. The summed E-state index contributed by atoms with van der Waals surface area (Å²) >= 11 is 0. The summed E-state index contributed by atoms with van der Waals surface area (Å²) in [4.78, 5) is 83.5. The van der Waals surface area contributed by atoms with E-state index in [2.05, 4.69) is 16.0 Å². The molecule has 3 N–H and O–H groups in total. The molecule has 15 nitrogen and oxygen atoms in total. The lowest BCUT2D eigenvalue weighted by Gasteiger charge is -2.21. The lowest BCUT2D eigenvalue weighted by Crippen LogP contribution is -2.51. The van der Waals surface area contributed by atoms with E-state index in [9.17, 15) is 38.9 Å². The maximum Gasteiger partial charge on any atom is 0.514 e. The molecule has 0 bridgehead atoms. The average Bonchev–Trinajstić information content (AvgIpc) is 3.04. The fourth-order valence-electron chi connectivity index (χ4n) is 4.05. The summed E-state index contributed by atoms with van der Waals surface area (Å²) in [5, 5.41) is 18.6.